The molecule has 0 saturated heterocycles. The fraction of sp³-hybridized carbons (Fsp3) is 0.308. The van der Waals surface area contributed by atoms with Crippen LogP contribution in [-0.2, 0) is 0 Å². The Morgan fingerprint density at radius 3 is 2.47 bits per heavy atom. The Kier molecular flexibility index (Phi) is 4.49. The number of benzene rings is 1. The molecular formula is C13H16N2O3S. The van der Waals surface area contributed by atoms with Crippen LogP contribution in [0.3, 0.4) is 0 Å². The smallest absolute Gasteiger partial charge is 0.304 e. The van der Waals surface area contributed by atoms with Crippen LogP contribution in [-0.4, -0.2) is 27.8 Å². The van der Waals surface area contributed by atoms with Crippen LogP contribution in [0.5, 0.6) is 0 Å². The summed E-state index contributed by atoms with van der Waals surface area (Å²) in [5, 5.41) is 21.4. The van der Waals surface area contributed by atoms with Crippen molar-refractivity contribution in [3.05, 3.63) is 44.9 Å². The van der Waals surface area contributed by atoms with Crippen molar-refractivity contribution in [2.45, 2.75) is 18.6 Å². The quantitative estimate of drug-likeness (QED) is 0.652. The Labute approximate surface area is 114 Å². The monoisotopic (exact) mass is 280 g/mol. The Morgan fingerprint density at radius 2 is 1.95 bits per heavy atom. The SMILES string of the molecule is NCCC(O)C(O)c1ccc(-c2csc(=O)[nH]2)cc1. The molecule has 0 aliphatic rings. The predicted molar refractivity (Wildman–Crippen MR) is 75.0 cm³/mol. The summed E-state index contributed by atoms with van der Waals surface area (Å²) in [6.45, 7) is 0.326. The van der Waals surface area contributed by atoms with Gasteiger partial charge in [0.1, 0.15) is 6.10 Å². The number of hydrogen-bond acceptors (Lipinski definition) is 5. The van der Waals surface area contributed by atoms with Crippen LogP contribution < -0.4 is 10.6 Å². The van der Waals surface area contributed by atoms with Crippen molar-refractivity contribution in [3.8, 4) is 11.3 Å². The van der Waals surface area contributed by atoms with Crippen molar-refractivity contribution in [2.24, 2.45) is 5.73 Å². The lowest BCUT2D eigenvalue weighted by atomic mass is 10.0. The Balaban J connectivity index is 2.16. The van der Waals surface area contributed by atoms with Crippen LogP contribution >= 0.6 is 11.3 Å². The third-order valence-corrected chi connectivity index (χ3v) is 3.58. The zero-order valence-corrected chi connectivity index (χ0v) is 11.1. The number of H-pyrrole nitrogens is 1. The van der Waals surface area contributed by atoms with E-state index in [4.69, 9.17) is 5.73 Å². The normalized spacial score (nSPS) is 14.3. The molecule has 0 saturated carbocycles. The zero-order chi connectivity index (χ0) is 13.8. The van der Waals surface area contributed by atoms with Gasteiger partial charge in [0.25, 0.3) is 0 Å². The Bertz CT molecular complexity index is 576. The number of aromatic nitrogens is 1. The summed E-state index contributed by atoms with van der Waals surface area (Å²) in [4.78, 5) is 13.7. The highest BCUT2D eigenvalue weighted by Gasteiger charge is 2.17. The van der Waals surface area contributed by atoms with Gasteiger partial charge in [-0.3, -0.25) is 4.79 Å². The summed E-state index contributed by atoms with van der Waals surface area (Å²) in [6.07, 6.45) is -1.46. The van der Waals surface area contributed by atoms with Crippen molar-refractivity contribution in [1.82, 2.24) is 4.98 Å². The number of nitrogens with one attached hydrogen (secondary N) is 1. The van der Waals surface area contributed by atoms with Crippen molar-refractivity contribution in [3.63, 3.8) is 0 Å². The molecule has 19 heavy (non-hydrogen) atoms. The molecule has 0 aliphatic carbocycles. The van der Waals surface area contributed by atoms with Gasteiger partial charge in [-0.2, -0.15) is 0 Å². The standard InChI is InChI=1S/C13H16N2O3S/c14-6-5-11(16)12(17)9-3-1-8(2-4-9)10-7-19-13(18)15-10/h1-4,7,11-12,16-17H,5-6,14H2,(H,15,18). The fourth-order valence-electron chi connectivity index (χ4n) is 1.83. The molecule has 1 heterocycles. The molecule has 5 nitrogen and oxygen atoms in total. The second-order valence-corrected chi connectivity index (χ2v) is 5.12. The third-order valence-electron chi connectivity index (χ3n) is 2.91. The summed E-state index contributed by atoms with van der Waals surface area (Å²) in [6, 6.07) is 7.06. The maximum Gasteiger partial charge on any atom is 0.304 e. The molecule has 2 atom stereocenters. The minimum atomic E-state index is -0.945. The highest BCUT2D eigenvalue weighted by Crippen LogP contribution is 2.23. The van der Waals surface area contributed by atoms with Gasteiger partial charge in [-0.1, -0.05) is 35.6 Å². The third kappa shape index (κ3) is 3.30. The first-order valence-corrected chi connectivity index (χ1v) is 6.84. The minimum Gasteiger partial charge on any atom is -0.390 e. The maximum atomic E-state index is 11.1. The van der Waals surface area contributed by atoms with Crippen LogP contribution in [0.1, 0.15) is 18.1 Å². The van der Waals surface area contributed by atoms with Gasteiger partial charge in [0, 0.05) is 5.38 Å². The molecule has 2 rings (SSSR count). The second-order valence-electron chi connectivity index (χ2n) is 4.27. The molecule has 0 spiro atoms. The molecular weight excluding hydrogens is 264 g/mol. The van der Waals surface area contributed by atoms with E-state index >= 15 is 0 Å². The topological polar surface area (TPSA) is 99.3 Å². The van der Waals surface area contributed by atoms with E-state index < -0.39 is 12.2 Å². The summed E-state index contributed by atoms with van der Waals surface area (Å²) >= 11 is 1.11. The van der Waals surface area contributed by atoms with Crippen molar-refractivity contribution in [1.29, 1.82) is 0 Å². The van der Waals surface area contributed by atoms with E-state index in [1.165, 1.54) is 0 Å². The van der Waals surface area contributed by atoms with E-state index in [2.05, 4.69) is 4.98 Å². The number of hydrogen-bond donors (Lipinski definition) is 4. The lowest BCUT2D eigenvalue weighted by Gasteiger charge is -2.17. The first-order chi connectivity index (χ1) is 9.11. The van der Waals surface area contributed by atoms with E-state index in [-0.39, 0.29) is 4.87 Å². The summed E-state index contributed by atoms with van der Waals surface area (Å²) < 4.78 is 0. The van der Waals surface area contributed by atoms with Crippen molar-refractivity contribution in [2.75, 3.05) is 6.54 Å². The minimum absolute atomic E-state index is 0.0996. The van der Waals surface area contributed by atoms with Gasteiger partial charge in [-0.25, -0.2) is 0 Å². The molecule has 5 N–H and O–H groups in total. The van der Waals surface area contributed by atoms with Crippen LogP contribution in [0.4, 0.5) is 0 Å². The van der Waals surface area contributed by atoms with Crippen LogP contribution in [0, 0.1) is 0 Å². The first kappa shape index (κ1) is 14.0. The number of thiazole rings is 1. The van der Waals surface area contributed by atoms with Crippen LogP contribution in [0.15, 0.2) is 34.4 Å². The molecule has 0 bridgehead atoms. The van der Waals surface area contributed by atoms with E-state index in [1.807, 2.05) is 0 Å². The zero-order valence-electron chi connectivity index (χ0n) is 10.2. The molecule has 0 radical (unpaired) electrons. The molecule has 102 valence electrons. The van der Waals surface area contributed by atoms with E-state index in [0.717, 1.165) is 22.6 Å². The van der Waals surface area contributed by atoms with Gasteiger partial charge in [0.15, 0.2) is 0 Å². The molecule has 0 amide bonds. The molecule has 1 aromatic heterocycles. The van der Waals surface area contributed by atoms with Gasteiger partial charge < -0.3 is 20.9 Å². The molecule has 0 aliphatic heterocycles. The van der Waals surface area contributed by atoms with Gasteiger partial charge in [0.2, 0.25) is 0 Å². The van der Waals surface area contributed by atoms with E-state index in [9.17, 15) is 15.0 Å². The molecule has 2 aromatic rings. The molecule has 6 heteroatoms. The number of nitrogens with two attached hydrogens (primary N) is 1. The summed E-state index contributed by atoms with van der Waals surface area (Å²) in [7, 11) is 0. The van der Waals surface area contributed by atoms with Gasteiger partial charge in [-0.05, 0) is 24.1 Å². The van der Waals surface area contributed by atoms with Gasteiger partial charge in [-0.15, -0.1) is 0 Å². The lowest BCUT2D eigenvalue weighted by molar-refractivity contribution is 0.0150. The lowest BCUT2D eigenvalue weighted by Crippen LogP contribution is -2.21. The predicted octanol–water partition coefficient (Wildman–Crippen LogP) is 0.847. The second kappa shape index (κ2) is 6.12. The Hall–Kier alpha value is -1.47. The van der Waals surface area contributed by atoms with Gasteiger partial charge >= 0.3 is 4.87 Å². The van der Waals surface area contributed by atoms with Gasteiger partial charge in [0.05, 0.1) is 11.8 Å². The summed E-state index contributed by atoms with van der Waals surface area (Å²) in [5.74, 6) is 0. The molecule has 2 unspecified atom stereocenters. The number of aromatic amines is 1. The number of aliphatic hydroxyl groups excluding tert-OH is 2. The van der Waals surface area contributed by atoms with Crippen molar-refractivity contribution < 1.29 is 10.2 Å². The first-order valence-electron chi connectivity index (χ1n) is 5.96. The van der Waals surface area contributed by atoms with E-state index in [0.29, 0.717) is 18.5 Å². The van der Waals surface area contributed by atoms with Crippen molar-refractivity contribution >= 4 is 11.3 Å². The van der Waals surface area contributed by atoms with E-state index in [1.54, 1.807) is 29.6 Å². The van der Waals surface area contributed by atoms with Crippen LogP contribution in [0.2, 0.25) is 0 Å². The number of rotatable bonds is 5. The van der Waals surface area contributed by atoms with Crippen LogP contribution in [0.25, 0.3) is 11.3 Å². The Morgan fingerprint density at radius 1 is 1.26 bits per heavy atom. The average Bonchev–Trinajstić information content (AvgIpc) is 2.85. The molecule has 1 aromatic carbocycles. The summed E-state index contributed by atoms with van der Waals surface area (Å²) in [5.41, 5.74) is 7.58. The number of aliphatic hydroxyl groups is 2. The average molecular weight is 280 g/mol. The molecule has 0 fully saturated rings. The maximum absolute atomic E-state index is 11.1. The highest BCUT2D eigenvalue weighted by atomic mass is 32.1. The fourth-order valence-corrected chi connectivity index (χ4v) is 2.42. The highest BCUT2D eigenvalue weighted by molar-refractivity contribution is 7.07. The largest absolute Gasteiger partial charge is 0.390 e.